The number of carbonyl (C=O) groups excluding carboxylic acids is 1. The first-order valence-electron chi connectivity index (χ1n) is 7.36. The van der Waals surface area contributed by atoms with Crippen LogP contribution in [0.25, 0.3) is 11.1 Å². The number of nitrogens with one attached hydrogen (secondary N) is 2. The lowest BCUT2D eigenvalue weighted by atomic mass is 10.1. The molecule has 1 aliphatic rings. The Bertz CT molecular complexity index is 668. The van der Waals surface area contributed by atoms with Gasteiger partial charge < -0.3 is 15.4 Å². The fourth-order valence-corrected chi connectivity index (χ4v) is 2.68. The molecular weight excluding hydrogens is 280 g/mol. The van der Waals surface area contributed by atoms with Crippen LogP contribution in [0.4, 0.5) is 0 Å². The summed E-state index contributed by atoms with van der Waals surface area (Å²) in [5, 5.41) is 10.0. The molecule has 1 aliphatic heterocycles. The Labute approximate surface area is 129 Å². The number of aryl methyl sites for hydroxylation is 1. The molecule has 6 nitrogen and oxygen atoms in total. The monoisotopic (exact) mass is 300 g/mol. The van der Waals surface area contributed by atoms with E-state index in [1.54, 1.807) is 11.7 Å². The van der Waals surface area contributed by atoms with Crippen LogP contribution in [0.2, 0.25) is 0 Å². The number of carbonyl (C=O) groups is 1. The van der Waals surface area contributed by atoms with Gasteiger partial charge in [-0.15, -0.1) is 0 Å². The fraction of sp³-hybridized carbons (Fsp3) is 0.375. The highest BCUT2D eigenvalue weighted by molar-refractivity contribution is 5.81. The number of nitrogens with zero attached hydrogens (tertiary/aromatic N) is 2. The molecular formula is C16H20N4O2. The first-order valence-corrected chi connectivity index (χ1v) is 7.36. The molecule has 1 saturated heterocycles. The maximum atomic E-state index is 11.6. The lowest BCUT2D eigenvalue weighted by Crippen LogP contribution is -2.38. The minimum Gasteiger partial charge on any atom is -0.489 e. The van der Waals surface area contributed by atoms with Crippen molar-refractivity contribution in [3.05, 3.63) is 36.7 Å². The van der Waals surface area contributed by atoms with Crippen molar-refractivity contribution in [1.82, 2.24) is 20.4 Å². The van der Waals surface area contributed by atoms with Crippen LogP contribution >= 0.6 is 0 Å². The number of rotatable bonds is 4. The van der Waals surface area contributed by atoms with Crippen LogP contribution in [0.1, 0.15) is 6.42 Å². The zero-order chi connectivity index (χ0) is 15.5. The number of likely N-dealkylation sites (N-methyl/N-ethyl adjacent to an activating group) is 1. The first-order chi connectivity index (χ1) is 10.7. The van der Waals surface area contributed by atoms with Gasteiger partial charge in [0.1, 0.15) is 11.9 Å². The summed E-state index contributed by atoms with van der Waals surface area (Å²) in [5.41, 5.74) is 2.13. The fourth-order valence-electron chi connectivity index (χ4n) is 2.68. The molecule has 0 bridgehead atoms. The number of aromatic nitrogens is 2. The highest BCUT2D eigenvalue weighted by Crippen LogP contribution is 2.25. The molecule has 0 aliphatic carbocycles. The molecule has 2 aromatic rings. The zero-order valence-corrected chi connectivity index (χ0v) is 12.7. The highest BCUT2D eigenvalue weighted by Gasteiger charge is 2.30. The average molecular weight is 300 g/mol. The van der Waals surface area contributed by atoms with Crippen LogP contribution in [0, 0.1) is 0 Å². The Kier molecular flexibility index (Phi) is 4.11. The van der Waals surface area contributed by atoms with Gasteiger partial charge in [0.25, 0.3) is 0 Å². The molecule has 1 aromatic heterocycles. The van der Waals surface area contributed by atoms with E-state index in [0.717, 1.165) is 16.9 Å². The predicted octanol–water partition coefficient (Wildman–Crippen LogP) is 0.942. The van der Waals surface area contributed by atoms with E-state index in [2.05, 4.69) is 15.7 Å². The van der Waals surface area contributed by atoms with Crippen LogP contribution in [0.3, 0.4) is 0 Å². The Morgan fingerprint density at radius 2 is 2.32 bits per heavy atom. The van der Waals surface area contributed by atoms with Gasteiger partial charge in [-0.3, -0.25) is 9.48 Å². The molecule has 2 atom stereocenters. The van der Waals surface area contributed by atoms with Crippen molar-refractivity contribution in [3.8, 4) is 16.9 Å². The maximum Gasteiger partial charge on any atom is 0.237 e. The van der Waals surface area contributed by atoms with E-state index in [9.17, 15) is 4.79 Å². The van der Waals surface area contributed by atoms with Gasteiger partial charge >= 0.3 is 0 Å². The second-order valence-electron chi connectivity index (χ2n) is 5.48. The maximum absolute atomic E-state index is 11.6. The number of hydrogen-bond acceptors (Lipinski definition) is 4. The van der Waals surface area contributed by atoms with Gasteiger partial charge in [-0.05, 0) is 17.7 Å². The third-order valence-electron chi connectivity index (χ3n) is 3.83. The van der Waals surface area contributed by atoms with Gasteiger partial charge in [0.05, 0.1) is 12.2 Å². The molecule has 2 unspecified atom stereocenters. The second-order valence-corrected chi connectivity index (χ2v) is 5.48. The molecule has 1 amide bonds. The average Bonchev–Trinajstić information content (AvgIpc) is 3.16. The molecule has 1 fully saturated rings. The molecule has 116 valence electrons. The molecule has 22 heavy (non-hydrogen) atoms. The highest BCUT2D eigenvalue weighted by atomic mass is 16.5. The van der Waals surface area contributed by atoms with Crippen LogP contribution in [0.5, 0.6) is 5.75 Å². The second kappa shape index (κ2) is 6.19. The number of hydrogen-bond donors (Lipinski definition) is 2. The molecule has 2 heterocycles. The van der Waals surface area contributed by atoms with Gasteiger partial charge in [0, 0.05) is 38.8 Å². The zero-order valence-electron chi connectivity index (χ0n) is 12.7. The predicted molar refractivity (Wildman–Crippen MR) is 83.5 cm³/mol. The summed E-state index contributed by atoms with van der Waals surface area (Å²) in [7, 11) is 3.54. The van der Waals surface area contributed by atoms with Crippen molar-refractivity contribution in [2.75, 3.05) is 13.6 Å². The van der Waals surface area contributed by atoms with Crippen molar-refractivity contribution < 1.29 is 9.53 Å². The molecule has 6 heteroatoms. The third-order valence-corrected chi connectivity index (χ3v) is 3.83. The van der Waals surface area contributed by atoms with Crippen molar-refractivity contribution in [2.24, 2.45) is 7.05 Å². The minimum absolute atomic E-state index is 0.00597. The van der Waals surface area contributed by atoms with Crippen molar-refractivity contribution >= 4 is 5.91 Å². The van der Waals surface area contributed by atoms with Gasteiger partial charge in [0.15, 0.2) is 0 Å². The quantitative estimate of drug-likeness (QED) is 0.882. The van der Waals surface area contributed by atoms with E-state index < -0.39 is 0 Å². The Hall–Kier alpha value is -2.34. The van der Waals surface area contributed by atoms with E-state index >= 15 is 0 Å². The van der Waals surface area contributed by atoms with E-state index in [-0.39, 0.29) is 18.1 Å². The third kappa shape index (κ3) is 3.12. The summed E-state index contributed by atoms with van der Waals surface area (Å²) >= 11 is 0. The molecule has 3 rings (SSSR count). The Balaban J connectivity index is 1.68. The molecule has 1 aromatic carbocycles. The van der Waals surface area contributed by atoms with Crippen LogP contribution < -0.4 is 15.4 Å². The number of benzene rings is 1. The van der Waals surface area contributed by atoms with Crippen LogP contribution in [0.15, 0.2) is 36.7 Å². The van der Waals surface area contributed by atoms with Crippen molar-refractivity contribution in [2.45, 2.75) is 18.6 Å². The Morgan fingerprint density at radius 3 is 3.05 bits per heavy atom. The van der Waals surface area contributed by atoms with Crippen LogP contribution in [-0.2, 0) is 11.8 Å². The van der Waals surface area contributed by atoms with E-state index in [1.165, 1.54) is 0 Å². The van der Waals surface area contributed by atoms with Crippen molar-refractivity contribution in [1.29, 1.82) is 0 Å². The molecule has 2 N–H and O–H groups in total. The normalized spacial score (nSPS) is 20.8. The summed E-state index contributed by atoms with van der Waals surface area (Å²) in [5.74, 6) is 0.820. The standard InChI is InChI=1S/C16H20N4O2/c1-17-16(21)15-7-14(9-18-15)22-13-5-3-4-11(6-13)12-8-19-20(2)10-12/h3-6,8,10,14-15,18H,7,9H2,1-2H3,(H,17,21). The van der Waals surface area contributed by atoms with Crippen molar-refractivity contribution in [3.63, 3.8) is 0 Å². The van der Waals surface area contributed by atoms with Gasteiger partial charge in [-0.25, -0.2) is 0 Å². The molecule has 0 saturated carbocycles. The van der Waals surface area contributed by atoms with Gasteiger partial charge in [-0.1, -0.05) is 12.1 Å². The Morgan fingerprint density at radius 1 is 1.45 bits per heavy atom. The lowest BCUT2D eigenvalue weighted by Gasteiger charge is -2.13. The van der Waals surface area contributed by atoms with E-state index in [4.69, 9.17) is 4.74 Å². The summed E-state index contributed by atoms with van der Waals surface area (Å²) < 4.78 is 7.77. The van der Waals surface area contributed by atoms with Gasteiger partial charge in [0.2, 0.25) is 5.91 Å². The number of amides is 1. The summed E-state index contributed by atoms with van der Waals surface area (Å²) in [6.07, 6.45) is 4.48. The largest absolute Gasteiger partial charge is 0.489 e. The summed E-state index contributed by atoms with van der Waals surface area (Å²) in [4.78, 5) is 11.6. The first kappa shape index (κ1) is 14.6. The lowest BCUT2D eigenvalue weighted by molar-refractivity contribution is -0.122. The van der Waals surface area contributed by atoms with E-state index in [1.807, 2.05) is 43.7 Å². The van der Waals surface area contributed by atoms with E-state index in [0.29, 0.717) is 13.0 Å². The van der Waals surface area contributed by atoms with Crippen LogP contribution in [-0.4, -0.2) is 41.4 Å². The molecule has 0 spiro atoms. The number of ether oxygens (including phenoxy) is 1. The topological polar surface area (TPSA) is 68.2 Å². The van der Waals surface area contributed by atoms with Gasteiger partial charge in [-0.2, -0.15) is 5.10 Å². The molecule has 0 radical (unpaired) electrons. The smallest absolute Gasteiger partial charge is 0.237 e. The SMILES string of the molecule is CNC(=O)C1CC(Oc2cccc(-c3cnn(C)c3)c2)CN1. The summed E-state index contributed by atoms with van der Waals surface area (Å²) in [6, 6.07) is 7.77. The summed E-state index contributed by atoms with van der Waals surface area (Å²) in [6.45, 7) is 0.676. The minimum atomic E-state index is -0.170.